The fourth-order valence-corrected chi connectivity index (χ4v) is 4.51. The van der Waals surface area contributed by atoms with Crippen LogP contribution in [-0.2, 0) is 0 Å². The van der Waals surface area contributed by atoms with Crippen molar-refractivity contribution >= 4 is 12.1 Å². The van der Waals surface area contributed by atoms with Crippen molar-refractivity contribution in [2.45, 2.75) is 43.8 Å². The molecule has 2 heterocycles. The smallest absolute Gasteiger partial charge is 0.405 e. The highest BCUT2D eigenvalue weighted by molar-refractivity contribution is 5.74. The van der Waals surface area contributed by atoms with E-state index in [2.05, 4.69) is 21.6 Å². The van der Waals surface area contributed by atoms with E-state index >= 15 is 0 Å². The maximum absolute atomic E-state index is 12.5. The van der Waals surface area contributed by atoms with E-state index in [1.54, 1.807) is 24.3 Å². The van der Waals surface area contributed by atoms with E-state index < -0.39 is 12.1 Å². The number of hydrogen-bond donors (Lipinski definition) is 3. The van der Waals surface area contributed by atoms with E-state index in [1.165, 1.54) is 12.8 Å². The molecule has 2 unspecified atom stereocenters. The first-order valence-corrected chi connectivity index (χ1v) is 10.9. The minimum atomic E-state index is -1.08. The van der Waals surface area contributed by atoms with Crippen molar-refractivity contribution in [1.29, 1.82) is 5.26 Å². The summed E-state index contributed by atoms with van der Waals surface area (Å²) in [5.41, 5.74) is 0.545. The summed E-state index contributed by atoms with van der Waals surface area (Å²) in [6.07, 6.45) is 3.35. The largest absolute Gasteiger partial charge is 0.491 e. The zero-order chi connectivity index (χ0) is 21.8. The molecule has 3 fully saturated rings. The number of likely N-dealkylation sites (tertiary alicyclic amines) is 1. The average molecular weight is 428 g/mol. The average Bonchev–Trinajstić information content (AvgIpc) is 3.56. The summed E-state index contributed by atoms with van der Waals surface area (Å²) in [4.78, 5) is 28.0. The van der Waals surface area contributed by atoms with E-state index in [-0.39, 0.29) is 24.7 Å². The quantitative estimate of drug-likeness (QED) is 0.583. The second-order valence-corrected chi connectivity index (χ2v) is 8.71. The first-order chi connectivity index (χ1) is 15.0. The van der Waals surface area contributed by atoms with Crippen LogP contribution < -0.4 is 15.4 Å². The van der Waals surface area contributed by atoms with Gasteiger partial charge in [0.15, 0.2) is 0 Å². The fourth-order valence-electron chi connectivity index (χ4n) is 4.51. The van der Waals surface area contributed by atoms with Crippen molar-refractivity contribution in [2.75, 3.05) is 32.8 Å². The van der Waals surface area contributed by atoms with Gasteiger partial charge in [0, 0.05) is 38.3 Å². The van der Waals surface area contributed by atoms with Gasteiger partial charge in [-0.2, -0.15) is 5.26 Å². The predicted molar refractivity (Wildman–Crippen MR) is 113 cm³/mol. The van der Waals surface area contributed by atoms with Crippen molar-refractivity contribution in [3.05, 3.63) is 29.8 Å². The molecule has 1 aromatic carbocycles. The molecule has 3 amide bonds. The number of carbonyl (C=O) groups is 2. The van der Waals surface area contributed by atoms with Crippen LogP contribution in [0, 0.1) is 17.2 Å². The first kappa shape index (κ1) is 21.2. The number of benzene rings is 1. The third-order valence-corrected chi connectivity index (χ3v) is 6.35. The van der Waals surface area contributed by atoms with E-state index in [0.717, 1.165) is 19.4 Å². The molecule has 1 aromatic rings. The summed E-state index contributed by atoms with van der Waals surface area (Å²) in [6.45, 7) is 2.84. The van der Waals surface area contributed by atoms with Crippen molar-refractivity contribution in [3.63, 3.8) is 0 Å². The van der Waals surface area contributed by atoms with E-state index in [9.17, 15) is 14.7 Å². The van der Waals surface area contributed by atoms with Crippen LogP contribution in [0.25, 0.3) is 0 Å². The number of nitrogens with zero attached hydrogens (tertiary/aromatic N) is 3. The molecule has 3 aliphatic rings. The van der Waals surface area contributed by atoms with E-state index in [0.29, 0.717) is 36.9 Å². The van der Waals surface area contributed by atoms with Crippen LogP contribution in [0.3, 0.4) is 0 Å². The molecule has 0 spiro atoms. The van der Waals surface area contributed by atoms with Gasteiger partial charge in [0.1, 0.15) is 12.4 Å². The molecule has 166 valence electrons. The zero-order valence-corrected chi connectivity index (χ0v) is 17.5. The summed E-state index contributed by atoms with van der Waals surface area (Å²) in [5, 5.41) is 23.8. The Hall–Kier alpha value is -2.99. The Balaban J connectivity index is 1.32. The molecule has 9 nitrogen and oxygen atoms in total. The Morgan fingerprint density at radius 2 is 1.84 bits per heavy atom. The Morgan fingerprint density at radius 3 is 2.42 bits per heavy atom. The van der Waals surface area contributed by atoms with Crippen molar-refractivity contribution in [3.8, 4) is 11.8 Å². The lowest BCUT2D eigenvalue weighted by Crippen LogP contribution is -2.60. The van der Waals surface area contributed by atoms with Crippen LogP contribution >= 0.6 is 0 Å². The predicted octanol–water partition coefficient (Wildman–Crippen LogP) is 1.84. The summed E-state index contributed by atoms with van der Waals surface area (Å²) in [6, 6.07) is 8.91. The maximum Gasteiger partial charge on any atom is 0.405 e. The van der Waals surface area contributed by atoms with Gasteiger partial charge >= 0.3 is 12.1 Å². The third-order valence-electron chi connectivity index (χ3n) is 6.35. The minimum Gasteiger partial charge on any atom is -0.491 e. The van der Waals surface area contributed by atoms with E-state index in [4.69, 9.17) is 10.00 Å². The molecule has 3 N–H and O–H groups in total. The molecule has 2 bridgehead atoms. The van der Waals surface area contributed by atoms with Gasteiger partial charge in [0.2, 0.25) is 0 Å². The number of fused-ring (bicyclic) bond motifs is 2. The molecule has 4 rings (SSSR count). The van der Waals surface area contributed by atoms with Gasteiger partial charge in [-0.05, 0) is 55.9 Å². The summed E-state index contributed by atoms with van der Waals surface area (Å²) in [5.74, 6) is 1.25. The maximum atomic E-state index is 12.5. The number of hydrogen-bond acceptors (Lipinski definition) is 5. The highest BCUT2D eigenvalue weighted by Gasteiger charge is 2.42. The Morgan fingerprint density at radius 1 is 1.16 bits per heavy atom. The van der Waals surface area contributed by atoms with Gasteiger partial charge in [-0.1, -0.05) is 0 Å². The molecule has 0 aromatic heterocycles. The Labute approximate surface area is 181 Å². The number of urea groups is 1. The van der Waals surface area contributed by atoms with Crippen LogP contribution in [0.15, 0.2) is 24.3 Å². The van der Waals surface area contributed by atoms with Gasteiger partial charge in [0.05, 0.1) is 17.7 Å². The molecule has 1 aliphatic carbocycles. The monoisotopic (exact) mass is 427 g/mol. The lowest BCUT2D eigenvalue weighted by atomic mass is 10.1. The summed E-state index contributed by atoms with van der Waals surface area (Å²) < 4.78 is 5.78. The molecule has 9 heteroatoms. The molecule has 1 saturated carbocycles. The van der Waals surface area contributed by atoms with Gasteiger partial charge in [-0.25, -0.2) is 9.59 Å². The standard InChI is InChI=1S/C22H29N5O4/c23-9-15-3-7-20(8-4-15)31-14-17(25-22(29)30)11-27-18-5-6-19(27)13-26(12-18)21(28)24-10-16-1-2-16/h3-4,7-8,16-19,25H,1-2,5-6,10-14H2,(H,24,28)(H,29,30)/t17-,18?,19?/m0/s1. The number of rotatable bonds is 8. The molecular weight excluding hydrogens is 398 g/mol. The normalized spacial score (nSPS) is 23.6. The molecule has 2 aliphatic heterocycles. The molecule has 31 heavy (non-hydrogen) atoms. The van der Waals surface area contributed by atoms with Gasteiger partial charge in [-0.15, -0.1) is 0 Å². The van der Waals surface area contributed by atoms with Crippen LogP contribution in [0.2, 0.25) is 0 Å². The molecule has 3 atom stereocenters. The lowest BCUT2D eigenvalue weighted by Gasteiger charge is -2.42. The summed E-state index contributed by atoms with van der Waals surface area (Å²) >= 11 is 0. The number of carbonyl (C=O) groups excluding carboxylic acids is 1. The molecule has 2 saturated heterocycles. The van der Waals surface area contributed by atoms with E-state index in [1.807, 2.05) is 4.90 Å². The van der Waals surface area contributed by atoms with Crippen molar-refractivity contribution in [2.24, 2.45) is 5.92 Å². The minimum absolute atomic E-state index is 0.0211. The van der Waals surface area contributed by atoms with Crippen LogP contribution in [0.5, 0.6) is 5.75 Å². The van der Waals surface area contributed by atoms with Gasteiger partial charge in [-0.3, -0.25) is 4.90 Å². The van der Waals surface area contributed by atoms with Crippen molar-refractivity contribution < 1.29 is 19.4 Å². The van der Waals surface area contributed by atoms with Gasteiger partial charge < -0.3 is 25.4 Å². The number of nitriles is 1. The third kappa shape index (κ3) is 5.58. The number of carboxylic acid groups (broad SMARTS) is 1. The van der Waals surface area contributed by atoms with Crippen molar-refractivity contribution in [1.82, 2.24) is 20.4 Å². The number of nitrogens with one attached hydrogen (secondary N) is 2. The topological polar surface area (TPSA) is 118 Å². The highest BCUT2D eigenvalue weighted by Crippen LogP contribution is 2.31. The number of amides is 3. The Kier molecular flexibility index (Phi) is 6.47. The first-order valence-electron chi connectivity index (χ1n) is 10.9. The van der Waals surface area contributed by atoms with Crippen LogP contribution in [0.1, 0.15) is 31.2 Å². The second kappa shape index (κ2) is 9.43. The molecule has 0 radical (unpaired) electrons. The number of ether oxygens (including phenoxy) is 1. The lowest BCUT2D eigenvalue weighted by molar-refractivity contribution is 0.0677. The van der Waals surface area contributed by atoms with Gasteiger partial charge in [0.25, 0.3) is 0 Å². The SMILES string of the molecule is N#Cc1ccc(OC[C@H](CN2C3CCC2CN(C(=O)NCC2CC2)C3)NC(=O)O)cc1. The second-order valence-electron chi connectivity index (χ2n) is 8.71. The highest BCUT2D eigenvalue weighted by atomic mass is 16.5. The van der Waals surface area contributed by atoms with Crippen LogP contribution in [-0.4, -0.2) is 77.9 Å². The van der Waals surface area contributed by atoms with Crippen LogP contribution in [0.4, 0.5) is 9.59 Å². The Bertz CT molecular complexity index is 821. The fraction of sp³-hybridized carbons (Fsp3) is 0.591. The number of piperazine rings is 1. The summed E-state index contributed by atoms with van der Waals surface area (Å²) in [7, 11) is 0. The zero-order valence-electron chi connectivity index (χ0n) is 17.5. The molecular formula is C22H29N5O4.